The first kappa shape index (κ1) is 10.7. The molecule has 2 rings (SSSR count). The maximum absolute atomic E-state index is 11.3. The van der Waals surface area contributed by atoms with Gasteiger partial charge < -0.3 is 9.47 Å². The highest BCUT2D eigenvalue weighted by Crippen LogP contribution is 2.27. The van der Waals surface area contributed by atoms with Crippen LogP contribution in [-0.2, 0) is 16.0 Å². The molecule has 0 spiro atoms. The number of esters is 1. The van der Waals surface area contributed by atoms with Crippen LogP contribution in [0.3, 0.4) is 0 Å². The largest absolute Gasteiger partial charge is 0.454 e. The third-order valence-corrected chi connectivity index (χ3v) is 2.47. The van der Waals surface area contributed by atoms with Gasteiger partial charge in [0.25, 0.3) is 0 Å². The summed E-state index contributed by atoms with van der Waals surface area (Å²) in [6, 6.07) is 7.78. The molecule has 16 heavy (non-hydrogen) atoms. The zero-order valence-electron chi connectivity index (χ0n) is 9.23. The fourth-order valence-corrected chi connectivity index (χ4v) is 1.60. The highest BCUT2D eigenvalue weighted by atomic mass is 16.7. The van der Waals surface area contributed by atoms with Crippen LogP contribution in [0.1, 0.15) is 18.9 Å². The second-order valence-electron chi connectivity index (χ2n) is 3.88. The van der Waals surface area contributed by atoms with Gasteiger partial charge in [0.2, 0.25) is 6.29 Å². The van der Waals surface area contributed by atoms with Crippen molar-refractivity contribution in [2.75, 3.05) is 0 Å². The van der Waals surface area contributed by atoms with Crippen molar-refractivity contribution in [3.63, 3.8) is 0 Å². The van der Waals surface area contributed by atoms with Gasteiger partial charge in [0.15, 0.2) is 0 Å². The summed E-state index contributed by atoms with van der Waals surface area (Å²) in [4.78, 5) is 11.3. The molecule has 0 radical (unpaired) electrons. The predicted octanol–water partition coefficient (Wildman–Crippen LogP) is 2.46. The molecule has 0 N–H and O–H groups in total. The third kappa shape index (κ3) is 2.24. The van der Waals surface area contributed by atoms with E-state index in [-0.39, 0.29) is 0 Å². The van der Waals surface area contributed by atoms with E-state index in [1.54, 1.807) is 6.92 Å². The molecule has 1 aliphatic heterocycles. The van der Waals surface area contributed by atoms with E-state index in [0.29, 0.717) is 12.0 Å². The maximum Gasteiger partial charge on any atom is 0.336 e. The number of ether oxygens (including phenoxy) is 2. The number of fused-ring (bicyclic) bond motifs is 1. The maximum atomic E-state index is 11.3. The summed E-state index contributed by atoms with van der Waals surface area (Å²) in [5.74, 6) is 0.401. The van der Waals surface area contributed by atoms with Gasteiger partial charge in [0.1, 0.15) is 5.75 Å². The van der Waals surface area contributed by atoms with Crippen LogP contribution in [0.4, 0.5) is 0 Å². The SMILES string of the molecule is C=C(C)C(=O)OC1CCc2ccccc2O1. The molecule has 3 heteroatoms. The average molecular weight is 218 g/mol. The Hall–Kier alpha value is -1.77. The number of rotatable bonds is 2. The molecule has 0 saturated heterocycles. The Balaban J connectivity index is 2.03. The summed E-state index contributed by atoms with van der Waals surface area (Å²) in [7, 11) is 0. The summed E-state index contributed by atoms with van der Waals surface area (Å²) in [5.41, 5.74) is 1.55. The van der Waals surface area contributed by atoms with Crippen LogP contribution in [0.15, 0.2) is 36.4 Å². The highest BCUT2D eigenvalue weighted by Gasteiger charge is 2.22. The quantitative estimate of drug-likeness (QED) is 0.565. The van der Waals surface area contributed by atoms with Gasteiger partial charge in [-0.1, -0.05) is 24.8 Å². The van der Waals surface area contributed by atoms with E-state index in [1.165, 1.54) is 0 Å². The monoisotopic (exact) mass is 218 g/mol. The average Bonchev–Trinajstić information content (AvgIpc) is 2.28. The second-order valence-corrected chi connectivity index (χ2v) is 3.88. The number of aryl methyl sites for hydroxylation is 1. The molecular weight excluding hydrogens is 204 g/mol. The van der Waals surface area contributed by atoms with Gasteiger partial charge in [-0.25, -0.2) is 4.79 Å². The Bertz CT molecular complexity index is 423. The van der Waals surface area contributed by atoms with Gasteiger partial charge in [-0.05, 0) is 25.0 Å². The minimum Gasteiger partial charge on any atom is -0.454 e. The van der Waals surface area contributed by atoms with Crippen molar-refractivity contribution >= 4 is 5.97 Å². The van der Waals surface area contributed by atoms with Crippen molar-refractivity contribution < 1.29 is 14.3 Å². The fourth-order valence-electron chi connectivity index (χ4n) is 1.60. The summed E-state index contributed by atoms with van der Waals surface area (Å²) >= 11 is 0. The molecule has 1 aromatic carbocycles. The lowest BCUT2D eigenvalue weighted by Gasteiger charge is -2.25. The molecule has 1 unspecified atom stereocenters. The van der Waals surface area contributed by atoms with Gasteiger partial charge >= 0.3 is 5.97 Å². The first-order chi connectivity index (χ1) is 7.66. The van der Waals surface area contributed by atoms with Gasteiger partial charge in [-0.2, -0.15) is 0 Å². The topological polar surface area (TPSA) is 35.5 Å². The van der Waals surface area contributed by atoms with Crippen molar-refractivity contribution in [2.24, 2.45) is 0 Å². The molecule has 0 bridgehead atoms. The number of hydrogen-bond donors (Lipinski definition) is 0. The standard InChI is InChI=1S/C13H14O3/c1-9(2)13(14)16-12-8-7-10-5-3-4-6-11(10)15-12/h3-6,12H,1,7-8H2,2H3. The van der Waals surface area contributed by atoms with Crippen LogP contribution in [0.2, 0.25) is 0 Å². The number of carbonyl (C=O) groups is 1. The van der Waals surface area contributed by atoms with Gasteiger partial charge in [-0.15, -0.1) is 0 Å². The normalized spacial score (nSPS) is 18.2. The lowest BCUT2D eigenvalue weighted by atomic mass is 10.1. The van der Waals surface area contributed by atoms with Crippen LogP contribution >= 0.6 is 0 Å². The van der Waals surface area contributed by atoms with E-state index in [1.807, 2.05) is 24.3 Å². The van der Waals surface area contributed by atoms with Crippen molar-refractivity contribution in [3.05, 3.63) is 42.0 Å². The van der Waals surface area contributed by atoms with Crippen molar-refractivity contribution in [2.45, 2.75) is 26.1 Å². The van der Waals surface area contributed by atoms with E-state index >= 15 is 0 Å². The highest BCUT2D eigenvalue weighted by molar-refractivity contribution is 5.87. The summed E-state index contributed by atoms with van der Waals surface area (Å²) < 4.78 is 10.7. The first-order valence-corrected chi connectivity index (χ1v) is 5.28. The van der Waals surface area contributed by atoms with Crippen molar-refractivity contribution in [1.82, 2.24) is 0 Å². The molecule has 0 aromatic heterocycles. The summed E-state index contributed by atoms with van der Waals surface area (Å²) in [6.07, 6.45) is 1.07. The molecule has 84 valence electrons. The van der Waals surface area contributed by atoms with Gasteiger partial charge in [-0.3, -0.25) is 0 Å². The minimum atomic E-state index is -0.487. The molecule has 0 aliphatic carbocycles. The number of para-hydroxylation sites is 1. The number of benzene rings is 1. The van der Waals surface area contributed by atoms with E-state index in [2.05, 4.69) is 6.58 Å². The van der Waals surface area contributed by atoms with E-state index < -0.39 is 12.3 Å². The van der Waals surface area contributed by atoms with Crippen LogP contribution in [0, 0.1) is 0 Å². The van der Waals surface area contributed by atoms with Gasteiger partial charge in [0.05, 0.1) is 0 Å². The van der Waals surface area contributed by atoms with Crippen LogP contribution in [0.25, 0.3) is 0 Å². The summed E-state index contributed by atoms with van der Waals surface area (Å²) in [5, 5.41) is 0. The first-order valence-electron chi connectivity index (χ1n) is 5.28. The van der Waals surface area contributed by atoms with E-state index in [0.717, 1.165) is 17.7 Å². The molecular formula is C13H14O3. The third-order valence-electron chi connectivity index (χ3n) is 2.47. The molecule has 1 aliphatic rings. The lowest BCUT2D eigenvalue weighted by molar-refractivity contribution is -0.160. The molecule has 0 saturated carbocycles. The minimum absolute atomic E-state index is 0.391. The molecule has 0 fully saturated rings. The Morgan fingerprint density at radius 2 is 2.25 bits per heavy atom. The van der Waals surface area contributed by atoms with E-state index in [4.69, 9.17) is 9.47 Å². The van der Waals surface area contributed by atoms with Crippen LogP contribution in [-0.4, -0.2) is 12.3 Å². The number of carbonyl (C=O) groups excluding carboxylic acids is 1. The molecule has 1 heterocycles. The zero-order chi connectivity index (χ0) is 11.5. The zero-order valence-corrected chi connectivity index (χ0v) is 9.23. The Morgan fingerprint density at radius 1 is 1.50 bits per heavy atom. The molecule has 1 atom stereocenters. The number of hydrogen-bond acceptors (Lipinski definition) is 3. The smallest absolute Gasteiger partial charge is 0.336 e. The molecule has 3 nitrogen and oxygen atoms in total. The van der Waals surface area contributed by atoms with Crippen LogP contribution < -0.4 is 4.74 Å². The second kappa shape index (κ2) is 4.39. The Labute approximate surface area is 94.7 Å². The Kier molecular flexibility index (Phi) is 2.95. The Morgan fingerprint density at radius 3 is 3.00 bits per heavy atom. The molecule has 1 aromatic rings. The van der Waals surface area contributed by atoms with Crippen molar-refractivity contribution in [3.8, 4) is 5.75 Å². The summed E-state index contributed by atoms with van der Waals surface area (Å²) in [6.45, 7) is 5.16. The van der Waals surface area contributed by atoms with E-state index in [9.17, 15) is 4.79 Å². The van der Waals surface area contributed by atoms with Gasteiger partial charge in [0, 0.05) is 12.0 Å². The van der Waals surface area contributed by atoms with Crippen molar-refractivity contribution in [1.29, 1.82) is 0 Å². The van der Waals surface area contributed by atoms with Crippen LogP contribution in [0.5, 0.6) is 5.75 Å². The lowest BCUT2D eigenvalue weighted by Crippen LogP contribution is -2.28. The fraction of sp³-hybridized carbons (Fsp3) is 0.308. The molecule has 0 amide bonds. The predicted molar refractivity (Wildman–Crippen MR) is 60.1 cm³/mol.